The molecule has 2 aromatic heterocycles. The van der Waals surface area contributed by atoms with Crippen LogP contribution in [0.15, 0.2) is 0 Å². The van der Waals surface area contributed by atoms with Gasteiger partial charge >= 0.3 is 5.97 Å². The van der Waals surface area contributed by atoms with Crippen molar-refractivity contribution in [3.05, 3.63) is 17.0 Å². The van der Waals surface area contributed by atoms with E-state index in [4.69, 9.17) is 4.74 Å². The third-order valence-corrected chi connectivity index (χ3v) is 4.19. The molecule has 7 nitrogen and oxygen atoms in total. The summed E-state index contributed by atoms with van der Waals surface area (Å²) < 4.78 is 5.01. The number of aromatic nitrogens is 3. The molecule has 0 saturated carbocycles. The maximum Gasteiger partial charge on any atom is 0.359 e. The lowest BCUT2D eigenvalue weighted by atomic mass is 9.98. The van der Waals surface area contributed by atoms with Crippen LogP contribution in [0.5, 0.6) is 0 Å². The summed E-state index contributed by atoms with van der Waals surface area (Å²) >= 11 is 1.38. The van der Waals surface area contributed by atoms with Gasteiger partial charge in [-0.2, -0.15) is 5.10 Å². The largest absolute Gasteiger partial charge is 0.461 e. The van der Waals surface area contributed by atoms with E-state index in [9.17, 15) is 9.59 Å². The highest BCUT2D eigenvalue weighted by molar-refractivity contribution is 7.19. The average molecular weight is 306 g/mol. The third kappa shape index (κ3) is 2.42. The van der Waals surface area contributed by atoms with Crippen molar-refractivity contribution in [2.75, 3.05) is 11.9 Å². The number of amides is 1. The van der Waals surface area contributed by atoms with E-state index in [1.165, 1.54) is 18.3 Å². The van der Waals surface area contributed by atoms with Gasteiger partial charge in [0.15, 0.2) is 10.8 Å². The van der Waals surface area contributed by atoms with E-state index in [0.717, 1.165) is 21.8 Å². The van der Waals surface area contributed by atoms with E-state index in [2.05, 4.69) is 20.5 Å². The molecule has 1 amide bonds. The molecule has 21 heavy (non-hydrogen) atoms. The molecule has 2 aromatic rings. The predicted molar refractivity (Wildman–Crippen MR) is 77.4 cm³/mol. The molecular weight excluding hydrogens is 292 g/mol. The van der Waals surface area contributed by atoms with E-state index in [1.54, 1.807) is 6.92 Å². The minimum absolute atomic E-state index is 0.154. The Morgan fingerprint density at radius 1 is 1.43 bits per heavy atom. The van der Waals surface area contributed by atoms with Crippen molar-refractivity contribution in [1.29, 1.82) is 0 Å². The highest BCUT2D eigenvalue weighted by Crippen LogP contribution is 2.39. The number of aromatic amines is 1. The van der Waals surface area contributed by atoms with Crippen LogP contribution in [0.4, 0.5) is 5.13 Å². The van der Waals surface area contributed by atoms with E-state index in [0.29, 0.717) is 30.3 Å². The maximum atomic E-state index is 11.9. The first-order chi connectivity index (χ1) is 10.1. The summed E-state index contributed by atoms with van der Waals surface area (Å²) in [4.78, 5) is 28.3. The van der Waals surface area contributed by atoms with Crippen LogP contribution >= 0.6 is 11.3 Å². The van der Waals surface area contributed by atoms with Crippen molar-refractivity contribution >= 4 is 28.3 Å². The lowest BCUT2D eigenvalue weighted by Crippen LogP contribution is -2.10. The molecule has 0 atom stereocenters. The smallest absolute Gasteiger partial charge is 0.359 e. The van der Waals surface area contributed by atoms with Crippen molar-refractivity contribution in [2.24, 2.45) is 0 Å². The Balaban J connectivity index is 1.98. The molecule has 110 valence electrons. The second-order valence-electron chi connectivity index (χ2n) is 4.62. The van der Waals surface area contributed by atoms with Crippen LogP contribution in [0, 0.1) is 0 Å². The zero-order chi connectivity index (χ0) is 15.0. The van der Waals surface area contributed by atoms with Crippen molar-refractivity contribution < 1.29 is 14.3 Å². The van der Waals surface area contributed by atoms with Crippen molar-refractivity contribution in [3.8, 4) is 10.6 Å². The monoisotopic (exact) mass is 306 g/mol. The van der Waals surface area contributed by atoms with E-state index < -0.39 is 5.97 Å². The number of hydrogen-bond donors (Lipinski definition) is 2. The van der Waals surface area contributed by atoms with E-state index in [1.807, 2.05) is 0 Å². The van der Waals surface area contributed by atoms with Crippen LogP contribution in [0.1, 0.15) is 35.6 Å². The highest BCUT2D eigenvalue weighted by atomic mass is 32.1. The Kier molecular flexibility index (Phi) is 3.46. The van der Waals surface area contributed by atoms with Crippen LogP contribution in [-0.4, -0.2) is 33.7 Å². The van der Waals surface area contributed by atoms with Crippen LogP contribution in [0.25, 0.3) is 10.6 Å². The van der Waals surface area contributed by atoms with Gasteiger partial charge in [0.25, 0.3) is 0 Å². The van der Waals surface area contributed by atoms with Gasteiger partial charge in [-0.15, -0.1) is 0 Å². The molecule has 2 N–H and O–H groups in total. The number of H-pyrrole nitrogens is 1. The molecule has 3 rings (SSSR count). The lowest BCUT2D eigenvalue weighted by Gasteiger charge is -2.10. The number of anilines is 1. The number of carbonyl (C=O) groups excluding carboxylic acids is 2. The van der Waals surface area contributed by atoms with Crippen molar-refractivity contribution in [2.45, 2.75) is 26.7 Å². The molecule has 0 spiro atoms. The Morgan fingerprint density at radius 2 is 2.24 bits per heavy atom. The first kappa shape index (κ1) is 13.7. The molecule has 0 unspecified atom stereocenters. The first-order valence-corrected chi connectivity index (χ1v) is 7.43. The number of nitrogens with one attached hydrogen (secondary N) is 2. The van der Waals surface area contributed by atoms with Crippen LogP contribution in [-0.2, 0) is 22.4 Å². The number of ether oxygens (including phenoxy) is 1. The second-order valence-corrected chi connectivity index (χ2v) is 5.62. The van der Waals surface area contributed by atoms with E-state index >= 15 is 0 Å². The maximum absolute atomic E-state index is 11.9. The molecule has 0 aromatic carbocycles. The molecule has 0 radical (unpaired) electrons. The Hall–Kier alpha value is -2.22. The van der Waals surface area contributed by atoms with Crippen molar-refractivity contribution in [1.82, 2.24) is 15.2 Å². The quantitative estimate of drug-likeness (QED) is 0.842. The zero-order valence-electron chi connectivity index (χ0n) is 11.6. The summed E-state index contributed by atoms with van der Waals surface area (Å²) in [6.45, 7) is 3.53. The summed E-state index contributed by atoms with van der Waals surface area (Å²) in [5.41, 5.74) is 2.91. The van der Waals surface area contributed by atoms with Gasteiger partial charge in [0.1, 0.15) is 0 Å². The molecule has 0 saturated heterocycles. The van der Waals surface area contributed by atoms with E-state index in [-0.39, 0.29) is 5.91 Å². The Morgan fingerprint density at radius 3 is 2.95 bits per heavy atom. The van der Waals surface area contributed by atoms with Crippen molar-refractivity contribution in [3.63, 3.8) is 0 Å². The second kappa shape index (κ2) is 5.28. The first-order valence-electron chi connectivity index (χ1n) is 6.62. The molecule has 1 aliphatic carbocycles. The number of carbonyl (C=O) groups is 2. The van der Waals surface area contributed by atoms with Crippen LogP contribution in [0.2, 0.25) is 0 Å². The average Bonchev–Trinajstić information content (AvgIpc) is 3.00. The van der Waals surface area contributed by atoms with Gasteiger partial charge in [-0.05, 0) is 19.8 Å². The van der Waals surface area contributed by atoms with Gasteiger partial charge in [0.05, 0.1) is 22.9 Å². The summed E-state index contributed by atoms with van der Waals surface area (Å²) in [5.74, 6) is -0.566. The number of esters is 1. The number of hydrogen-bond acceptors (Lipinski definition) is 6. The topological polar surface area (TPSA) is 97.0 Å². The number of rotatable bonds is 3. The van der Waals surface area contributed by atoms with Gasteiger partial charge in [-0.1, -0.05) is 11.3 Å². The van der Waals surface area contributed by atoms with Gasteiger partial charge in [-0.3, -0.25) is 9.89 Å². The van der Waals surface area contributed by atoms with Gasteiger partial charge < -0.3 is 10.1 Å². The fourth-order valence-corrected chi connectivity index (χ4v) is 3.41. The zero-order valence-corrected chi connectivity index (χ0v) is 12.5. The number of thiazole rings is 1. The SMILES string of the molecule is CCOC(=O)c1n[nH]c2c1CCc1nc(NC(C)=O)sc1-2. The molecular formula is C13H14N4O3S. The summed E-state index contributed by atoms with van der Waals surface area (Å²) in [5, 5.41) is 10.2. The van der Waals surface area contributed by atoms with Gasteiger partial charge in [0.2, 0.25) is 5.91 Å². The standard InChI is InChI=1S/C13H14N4O3S/c1-3-20-12(19)10-7-4-5-8-11(9(7)16-17-10)21-13(15-8)14-6(2)18/h3-5H2,1-2H3,(H,16,17)(H,14,15,18). The van der Waals surface area contributed by atoms with Gasteiger partial charge in [-0.25, -0.2) is 9.78 Å². The molecule has 2 heterocycles. The number of nitrogens with zero attached hydrogens (tertiary/aromatic N) is 2. The minimum atomic E-state index is -0.412. The molecule has 1 aliphatic rings. The fourth-order valence-electron chi connectivity index (χ4n) is 2.33. The Labute approximate surface area is 124 Å². The van der Waals surface area contributed by atoms with Crippen LogP contribution < -0.4 is 5.32 Å². The predicted octanol–water partition coefficient (Wildman–Crippen LogP) is 1.77. The minimum Gasteiger partial charge on any atom is -0.461 e. The lowest BCUT2D eigenvalue weighted by molar-refractivity contribution is -0.114. The molecule has 8 heteroatoms. The molecule has 0 fully saturated rings. The fraction of sp³-hybridized carbons (Fsp3) is 0.385. The normalized spacial score (nSPS) is 12.5. The summed E-state index contributed by atoms with van der Waals surface area (Å²) in [6.07, 6.45) is 1.39. The Bertz CT molecular complexity index is 719. The van der Waals surface area contributed by atoms with Gasteiger partial charge in [0, 0.05) is 12.5 Å². The number of fused-ring (bicyclic) bond motifs is 3. The summed E-state index contributed by atoms with van der Waals surface area (Å²) in [7, 11) is 0. The highest BCUT2D eigenvalue weighted by Gasteiger charge is 2.28. The molecule has 0 aliphatic heterocycles. The summed E-state index contributed by atoms with van der Waals surface area (Å²) in [6, 6.07) is 0. The molecule has 0 bridgehead atoms. The number of aryl methyl sites for hydroxylation is 1. The van der Waals surface area contributed by atoms with Crippen LogP contribution in [0.3, 0.4) is 0 Å². The third-order valence-electron chi connectivity index (χ3n) is 3.16.